The molecule has 1 unspecified atom stereocenters. The van der Waals surface area contributed by atoms with Gasteiger partial charge in [0.25, 0.3) is 0 Å². The minimum absolute atomic E-state index is 0.0552. The summed E-state index contributed by atoms with van der Waals surface area (Å²) in [6, 6.07) is 11.0. The van der Waals surface area contributed by atoms with Crippen molar-refractivity contribution in [3.8, 4) is 5.75 Å². The van der Waals surface area contributed by atoms with Gasteiger partial charge in [-0.2, -0.15) is 0 Å². The van der Waals surface area contributed by atoms with Crippen LogP contribution in [0.5, 0.6) is 5.75 Å². The molecular formula is C17H22N2O3. The van der Waals surface area contributed by atoms with E-state index in [-0.39, 0.29) is 18.4 Å². The van der Waals surface area contributed by atoms with Crippen LogP contribution >= 0.6 is 0 Å². The molecule has 2 aromatic rings. The fourth-order valence-corrected chi connectivity index (χ4v) is 2.22. The molecule has 0 aliphatic rings. The van der Waals surface area contributed by atoms with E-state index in [1.807, 2.05) is 26.2 Å². The molecule has 118 valence electrons. The molecule has 0 bridgehead atoms. The number of carbonyl (C=O) groups is 1. The molecule has 1 N–H and O–H groups in total. The number of benzene rings is 1. The average molecular weight is 302 g/mol. The highest BCUT2D eigenvalue weighted by atomic mass is 16.5. The van der Waals surface area contributed by atoms with Gasteiger partial charge in [-0.25, -0.2) is 0 Å². The molecule has 1 aromatic heterocycles. The maximum absolute atomic E-state index is 12.1. The summed E-state index contributed by atoms with van der Waals surface area (Å²) in [6.45, 7) is 0.930. The molecule has 1 aromatic carbocycles. The van der Waals surface area contributed by atoms with Crippen molar-refractivity contribution in [1.29, 1.82) is 0 Å². The second-order valence-electron chi connectivity index (χ2n) is 5.28. The SMILES string of the molecule is COc1ccc(C(=O)CNCC(c2ccco2)N(C)C)cc1. The number of likely N-dealkylation sites (N-methyl/N-ethyl adjacent to an activating group) is 1. The first-order valence-electron chi connectivity index (χ1n) is 7.19. The molecule has 0 spiro atoms. The van der Waals surface area contributed by atoms with Crippen molar-refractivity contribution in [3.63, 3.8) is 0 Å². The number of furan rings is 1. The fraction of sp³-hybridized carbons (Fsp3) is 0.353. The summed E-state index contributed by atoms with van der Waals surface area (Å²) in [7, 11) is 5.58. The lowest BCUT2D eigenvalue weighted by molar-refractivity contribution is 0.0987. The number of rotatable bonds is 8. The van der Waals surface area contributed by atoms with Crippen LogP contribution in [0.3, 0.4) is 0 Å². The van der Waals surface area contributed by atoms with Crippen molar-refractivity contribution in [2.24, 2.45) is 0 Å². The lowest BCUT2D eigenvalue weighted by Gasteiger charge is -2.22. The van der Waals surface area contributed by atoms with E-state index in [4.69, 9.17) is 9.15 Å². The standard InChI is InChI=1S/C17H22N2O3/c1-19(2)15(17-5-4-10-22-17)11-18-12-16(20)13-6-8-14(21-3)9-7-13/h4-10,15,18H,11-12H2,1-3H3. The third kappa shape index (κ3) is 4.19. The Morgan fingerprint density at radius 2 is 2.00 bits per heavy atom. The zero-order chi connectivity index (χ0) is 15.9. The molecule has 0 fully saturated rings. The molecule has 0 aliphatic carbocycles. The van der Waals surface area contributed by atoms with E-state index in [0.717, 1.165) is 11.5 Å². The summed E-state index contributed by atoms with van der Waals surface area (Å²) in [5, 5.41) is 3.20. The highest BCUT2D eigenvalue weighted by Crippen LogP contribution is 2.17. The average Bonchev–Trinajstić information content (AvgIpc) is 3.05. The lowest BCUT2D eigenvalue weighted by atomic mass is 10.1. The van der Waals surface area contributed by atoms with Gasteiger partial charge in [-0.1, -0.05) is 0 Å². The number of hydrogen-bond acceptors (Lipinski definition) is 5. The van der Waals surface area contributed by atoms with Crippen LogP contribution < -0.4 is 10.1 Å². The van der Waals surface area contributed by atoms with E-state index in [1.54, 1.807) is 37.6 Å². The van der Waals surface area contributed by atoms with Gasteiger partial charge in [0, 0.05) is 12.1 Å². The molecule has 0 saturated carbocycles. The maximum Gasteiger partial charge on any atom is 0.176 e. The number of carbonyl (C=O) groups excluding carboxylic acids is 1. The van der Waals surface area contributed by atoms with Gasteiger partial charge >= 0.3 is 0 Å². The van der Waals surface area contributed by atoms with Crippen LogP contribution in [0.15, 0.2) is 47.1 Å². The number of hydrogen-bond donors (Lipinski definition) is 1. The third-order valence-corrected chi connectivity index (χ3v) is 3.53. The number of methoxy groups -OCH3 is 1. The van der Waals surface area contributed by atoms with Crippen LogP contribution in [-0.2, 0) is 0 Å². The van der Waals surface area contributed by atoms with Crippen LogP contribution in [0.1, 0.15) is 22.2 Å². The molecule has 0 amide bonds. The number of ketones is 1. The van der Waals surface area contributed by atoms with E-state index in [2.05, 4.69) is 10.2 Å². The molecule has 2 rings (SSSR count). The van der Waals surface area contributed by atoms with Gasteiger partial charge in [0.2, 0.25) is 0 Å². The first-order valence-corrected chi connectivity index (χ1v) is 7.19. The van der Waals surface area contributed by atoms with Gasteiger partial charge in [-0.05, 0) is 50.5 Å². The first-order chi connectivity index (χ1) is 10.6. The van der Waals surface area contributed by atoms with Crippen LogP contribution in [0.4, 0.5) is 0 Å². The fourth-order valence-electron chi connectivity index (χ4n) is 2.22. The molecule has 5 nitrogen and oxygen atoms in total. The van der Waals surface area contributed by atoms with Crippen molar-refractivity contribution in [2.45, 2.75) is 6.04 Å². The number of Topliss-reactive ketones (excluding diaryl/α,β-unsaturated/α-hetero) is 1. The van der Waals surface area contributed by atoms with Gasteiger partial charge in [-0.3, -0.25) is 9.69 Å². The van der Waals surface area contributed by atoms with Crippen molar-refractivity contribution >= 4 is 5.78 Å². The van der Waals surface area contributed by atoms with E-state index >= 15 is 0 Å². The van der Waals surface area contributed by atoms with Crippen molar-refractivity contribution < 1.29 is 13.9 Å². The second-order valence-corrected chi connectivity index (χ2v) is 5.28. The predicted molar refractivity (Wildman–Crippen MR) is 85.3 cm³/mol. The Morgan fingerprint density at radius 1 is 1.27 bits per heavy atom. The van der Waals surface area contributed by atoms with Gasteiger partial charge in [0.15, 0.2) is 5.78 Å². The Balaban J connectivity index is 1.87. The maximum atomic E-state index is 12.1. The predicted octanol–water partition coefficient (Wildman–Crippen LogP) is 2.36. The largest absolute Gasteiger partial charge is 0.497 e. The Hall–Kier alpha value is -2.11. The van der Waals surface area contributed by atoms with E-state index < -0.39 is 0 Å². The number of nitrogens with zero attached hydrogens (tertiary/aromatic N) is 1. The van der Waals surface area contributed by atoms with Crippen LogP contribution in [0.25, 0.3) is 0 Å². The topological polar surface area (TPSA) is 54.7 Å². The van der Waals surface area contributed by atoms with Gasteiger partial charge in [-0.15, -0.1) is 0 Å². The Morgan fingerprint density at radius 3 is 2.55 bits per heavy atom. The summed E-state index contributed by atoms with van der Waals surface area (Å²) < 4.78 is 10.5. The van der Waals surface area contributed by atoms with Crippen LogP contribution in [-0.4, -0.2) is 45.0 Å². The molecule has 1 atom stereocenters. The van der Waals surface area contributed by atoms with Gasteiger partial charge in [0.1, 0.15) is 11.5 Å². The van der Waals surface area contributed by atoms with Gasteiger partial charge in [0.05, 0.1) is 26.0 Å². The number of ether oxygens (including phenoxy) is 1. The lowest BCUT2D eigenvalue weighted by Crippen LogP contribution is -2.33. The van der Waals surface area contributed by atoms with Crippen LogP contribution in [0.2, 0.25) is 0 Å². The van der Waals surface area contributed by atoms with E-state index in [1.165, 1.54) is 0 Å². The summed E-state index contributed by atoms with van der Waals surface area (Å²) in [6.07, 6.45) is 1.66. The zero-order valence-electron chi connectivity index (χ0n) is 13.2. The van der Waals surface area contributed by atoms with Crippen molar-refractivity contribution in [2.75, 3.05) is 34.3 Å². The molecule has 22 heavy (non-hydrogen) atoms. The smallest absolute Gasteiger partial charge is 0.176 e. The molecular weight excluding hydrogens is 280 g/mol. The van der Waals surface area contributed by atoms with E-state index in [0.29, 0.717) is 12.1 Å². The van der Waals surface area contributed by atoms with Crippen LogP contribution in [0, 0.1) is 0 Å². The molecule has 0 radical (unpaired) electrons. The Labute approximate surface area is 130 Å². The van der Waals surface area contributed by atoms with Crippen molar-refractivity contribution in [3.05, 3.63) is 54.0 Å². The summed E-state index contributed by atoms with van der Waals surface area (Å²) in [5.74, 6) is 1.68. The monoisotopic (exact) mass is 302 g/mol. The normalized spacial score (nSPS) is 12.4. The van der Waals surface area contributed by atoms with Crippen molar-refractivity contribution in [1.82, 2.24) is 10.2 Å². The number of nitrogens with one attached hydrogen (secondary N) is 1. The minimum atomic E-state index is 0.0552. The minimum Gasteiger partial charge on any atom is -0.497 e. The van der Waals surface area contributed by atoms with E-state index in [9.17, 15) is 4.79 Å². The molecule has 5 heteroatoms. The summed E-state index contributed by atoms with van der Waals surface area (Å²) in [4.78, 5) is 14.2. The highest BCUT2D eigenvalue weighted by molar-refractivity contribution is 5.97. The quantitative estimate of drug-likeness (QED) is 0.759. The molecule has 0 saturated heterocycles. The third-order valence-electron chi connectivity index (χ3n) is 3.53. The zero-order valence-corrected chi connectivity index (χ0v) is 13.2. The summed E-state index contributed by atoms with van der Waals surface area (Å²) in [5.41, 5.74) is 0.674. The Kier molecular flexibility index (Phi) is 5.75. The molecule has 0 aliphatic heterocycles. The van der Waals surface area contributed by atoms with Gasteiger partial charge < -0.3 is 14.5 Å². The summed E-state index contributed by atoms with van der Waals surface area (Å²) >= 11 is 0. The Bertz CT molecular complexity index is 576. The highest BCUT2D eigenvalue weighted by Gasteiger charge is 2.17. The second kappa shape index (κ2) is 7.77. The first kappa shape index (κ1) is 16.3. The molecule has 1 heterocycles.